The Hall–Kier alpha value is -1.93. The molecule has 104 valence electrons. The van der Waals surface area contributed by atoms with Gasteiger partial charge in [0.1, 0.15) is 0 Å². The van der Waals surface area contributed by atoms with E-state index in [1.54, 1.807) is 18.3 Å². The van der Waals surface area contributed by atoms with Gasteiger partial charge in [0, 0.05) is 6.54 Å². The highest BCUT2D eigenvalue weighted by molar-refractivity contribution is 9.11. The number of hydrogen-bond donors (Lipinski definition) is 3. The van der Waals surface area contributed by atoms with Crippen LogP contribution in [0.25, 0.3) is 0 Å². The number of aromatic nitrogens is 1. The molecule has 0 saturated carbocycles. The summed E-state index contributed by atoms with van der Waals surface area (Å²) in [7, 11) is 0. The van der Waals surface area contributed by atoms with Crippen LogP contribution in [0.4, 0.5) is 9.93 Å². The first-order chi connectivity index (χ1) is 9.54. The molecule has 2 amide bonds. The molecular formula is C12H10BrN3O3S. The van der Waals surface area contributed by atoms with Crippen LogP contribution < -0.4 is 10.6 Å². The maximum absolute atomic E-state index is 11.6. The molecule has 2 rings (SSSR count). The first-order valence-corrected chi connectivity index (χ1v) is 7.14. The molecule has 20 heavy (non-hydrogen) atoms. The third-order valence-electron chi connectivity index (χ3n) is 2.35. The van der Waals surface area contributed by atoms with E-state index in [1.165, 1.54) is 23.5 Å². The standard InChI is InChI=1S/C12H10BrN3O3S/c13-9-6-15-12(20-9)16-11(19)14-5-7-1-3-8(4-2-7)10(17)18/h1-4,6H,5H2,(H,17,18)(H2,14,15,16,19). The lowest BCUT2D eigenvalue weighted by Crippen LogP contribution is -2.28. The second-order valence-electron chi connectivity index (χ2n) is 3.78. The van der Waals surface area contributed by atoms with Crippen molar-refractivity contribution in [3.05, 3.63) is 45.4 Å². The van der Waals surface area contributed by atoms with Crippen LogP contribution in [0.15, 0.2) is 34.2 Å². The number of benzene rings is 1. The van der Waals surface area contributed by atoms with Crippen LogP contribution in [-0.4, -0.2) is 22.1 Å². The van der Waals surface area contributed by atoms with E-state index in [0.29, 0.717) is 11.7 Å². The van der Waals surface area contributed by atoms with Crippen molar-refractivity contribution in [3.63, 3.8) is 0 Å². The lowest BCUT2D eigenvalue weighted by atomic mass is 10.1. The van der Waals surface area contributed by atoms with E-state index < -0.39 is 5.97 Å². The van der Waals surface area contributed by atoms with Gasteiger partial charge in [0.05, 0.1) is 15.5 Å². The molecule has 1 heterocycles. The summed E-state index contributed by atoms with van der Waals surface area (Å²) < 4.78 is 0.831. The quantitative estimate of drug-likeness (QED) is 0.786. The second-order valence-corrected chi connectivity index (χ2v) is 6.19. The Labute approximate surface area is 127 Å². The van der Waals surface area contributed by atoms with E-state index >= 15 is 0 Å². The minimum Gasteiger partial charge on any atom is -0.478 e. The summed E-state index contributed by atoms with van der Waals surface area (Å²) in [6.45, 7) is 0.304. The van der Waals surface area contributed by atoms with Gasteiger partial charge in [-0.3, -0.25) is 5.32 Å². The summed E-state index contributed by atoms with van der Waals surface area (Å²) in [5.74, 6) is -0.975. The smallest absolute Gasteiger partial charge is 0.335 e. The van der Waals surface area contributed by atoms with Gasteiger partial charge in [0.25, 0.3) is 0 Å². The molecule has 0 atom stereocenters. The first kappa shape index (κ1) is 14.5. The van der Waals surface area contributed by atoms with Crippen molar-refractivity contribution in [2.75, 3.05) is 5.32 Å². The number of carboxylic acids is 1. The summed E-state index contributed by atoms with van der Waals surface area (Å²) >= 11 is 4.56. The number of carbonyl (C=O) groups excluding carboxylic acids is 1. The molecule has 0 aliphatic rings. The highest BCUT2D eigenvalue weighted by Gasteiger charge is 2.06. The maximum Gasteiger partial charge on any atom is 0.335 e. The minimum atomic E-state index is -0.975. The summed E-state index contributed by atoms with van der Waals surface area (Å²) in [5, 5.41) is 14.5. The van der Waals surface area contributed by atoms with Gasteiger partial charge < -0.3 is 10.4 Å². The fourth-order valence-corrected chi connectivity index (χ4v) is 2.50. The molecule has 1 aromatic carbocycles. The Morgan fingerprint density at radius 3 is 2.55 bits per heavy atom. The summed E-state index contributed by atoms with van der Waals surface area (Å²) in [6.07, 6.45) is 1.60. The number of nitrogens with zero attached hydrogens (tertiary/aromatic N) is 1. The molecule has 3 N–H and O–H groups in total. The number of aromatic carboxylic acids is 1. The highest BCUT2D eigenvalue weighted by atomic mass is 79.9. The molecule has 6 nitrogen and oxygen atoms in total. The SMILES string of the molecule is O=C(NCc1ccc(C(=O)O)cc1)Nc1ncc(Br)s1. The van der Waals surface area contributed by atoms with Crippen molar-refractivity contribution in [3.8, 4) is 0 Å². The zero-order valence-corrected chi connectivity index (χ0v) is 12.5. The Morgan fingerprint density at radius 2 is 2.00 bits per heavy atom. The van der Waals surface area contributed by atoms with E-state index in [0.717, 1.165) is 9.35 Å². The van der Waals surface area contributed by atoms with Gasteiger partial charge >= 0.3 is 12.0 Å². The number of carboxylic acid groups (broad SMARTS) is 1. The molecule has 8 heteroatoms. The van der Waals surface area contributed by atoms with E-state index in [2.05, 4.69) is 31.5 Å². The highest BCUT2D eigenvalue weighted by Crippen LogP contribution is 2.22. The Balaban J connectivity index is 1.85. The van der Waals surface area contributed by atoms with Crippen molar-refractivity contribution in [1.82, 2.24) is 10.3 Å². The number of anilines is 1. The molecule has 0 aliphatic heterocycles. The van der Waals surface area contributed by atoms with Gasteiger partial charge in [-0.05, 0) is 33.6 Å². The zero-order valence-electron chi connectivity index (χ0n) is 10.1. The van der Waals surface area contributed by atoms with Crippen LogP contribution in [0.5, 0.6) is 0 Å². The second kappa shape index (κ2) is 6.49. The largest absolute Gasteiger partial charge is 0.478 e. The predicted octanol–water partition coefficient (Wildman–Crippen LogP) is 2.93. The van der Waals surface area contributed by atoms with Gasteiger partial charge in [-0.2, -0.15) is 0 Å². The van der Waals surface area contributed by atoms with Crippen LogP contribution in [0.3, 0.4) is 0 Å². The van der Waals surface area contributed by atoms with Crippen molar-refractivity contribution in [1.29, 1.82) is 0 Å². The summed E-state index contributed by atoms with van der Waals surface area (Å²) in [5.41, 5.74) is 1.02. The van der Waals surface area contributed by atoms with Crippen molar-refractivity contribution in [2.24, 2.45) is 0 Å². The first-order valence-electron chi connectivity index (χ1n) is 5.53. The molecular weight excluding hydrogens is 346 g/mol. The molecule has 0 spiro atoms. The van der Waals surface area contributed by atoms with Gasteiger partial charge in [0.2, 0.25) is 0 Å². The van der Waals surface area contributed by atoms with Crippen molar-refractivity contribution < 1.29 is 14.7 Å². The van der Waals surface area contributed by atoms with Crippen LogP contribution in [0.1, 0.15) is 15.9 Å². The molecule has 0 fully saturated rings. The fraction of sp³-hybridized carbons (Fsp3) is 0.0833. The van der Waals surface area contributed by atoms with Crippen LogP contribution in [0, 0.1) is 0 Å². The van der Waals surface area contributed by atoms with Crippen LogP contribution in [-0.2, 0) is 6.54 Å². The number of nitrogens with one attached hydrogen (secondary N) is 2. The monoisotopic (exact) mass is 355 g/mol. The number of amides is 2. The van der Waals surface area contributed by atoms with Crippen molar-refractivity contribution >= 4 is 44.4 Å². The number of thiazole rings is 1. The van der Waals surface area contributed by atoms with E-state index in [4.69, 9.17) is 5.11 Å². The van der Waals surface area contributed by atoms with E-state index in [9.17, 15) is 9.59 Å². The predicted molar refractivity (Wildman–Crippen MR) is 79.1 cm³/mol. The Kier molecular flexibility index (Phi) is 4.70. The van der Waals surface area contributed by atoms with Gasteiger partial charge in [-0.25, -0.2) is 14.6 Å². The molecule has 0 aliphatic carbocycles. The average Bonchev–Trinajstić information content (AvgIpc) is 2.82. The van der Waals surface area contributed by atoms with Gasteiger partial charge in [0.15, 0.2) is 5.13 Å². The zero-order chi connectivity index (χ0) is 14.5. The normalized spacial score (nSPS) is 10.1. The molecule has 0 saturated heterocycles. The Morgan fingerprint density at radius 1 is 1.30 bits per heavy atom. The van der Waals surface area contributed by atoms with Crippen molar-refractivity contribution in [2.45, 2.75) is 6.54 Å². The molecule has 0 unspecified atom stereocenters. The minimum absolute atomic E-state index is 0.214. The molecule has 2 aromatic rings. The number of hydrogen-bond acceptors (Lipinski definition) is 4. The van der Waals surface area contributed by atoms with E-state index in [-0.39, 0.29) is 11.6 Å². The summed E-state index contributed by atoms with van der Waals surface area (Å²) in [4.78, 5) is 26.3. The fourth-order valence-electron chi connectivity index (χ4n) is 1.40. The topological polar surface area (TPSA) is 91.3 Å². The lowest BCUT2D eigenvalue weighted by molar-refractivity contribution is 0.0697. The molecule has 0 radical (unpaired) electrons. The lowest BCUT2D eigenvalue weighted by Gasteiger charge is -2.05. The third kappa shape index (κ3) is 4.04. The number of halogens is 1. The molecule has 1 aromatic heterocycles. The number of carbonyl (C=O) groups is 2. The Bertz CT molecular complexity index is 627. The third-order valence-corrected chi connectivity index (χ3v) is 3.74. The van der Waals surface area contributed by atoms with Crippen LogP contribution >= 0.6 is 27.3 Å². The molecule has 0 bridgehead atoms. The summed E-state index contributed by atoms with van der Waals surface area (Å²) in [6, 6.07) is 5.94. The van der Waals surface area contributed by atoms with Gasteiger partial charge in [-0.15, -0.1) is 0 Å². The van der Waals surface area contributed by atoms with Gasteiger partial charge in [-0.1, -0.05) is 23.5 Å². The average molecular weight is 356 g/mol. The maximum atomic E-state index is 11.6. The van der Waals surface area contributed by atoms with Crippen LogP contribution in [0.2, 0.25) is 0 Å². The van der Waals surface area contributed by atoms with E-state index in [1.807, 2.05) is 0 Å². The number of rotatable bonds is 4. The number of urea groups is 1.